The minimum atomic E-state index is -0.818. The van der Waals surface area contributed by atoms with Crippen LogP contribution in [0.25, 0.3) is 6.08 Å². The van der Waals surface area contributed by atoms with E-state index in [1.165, 1.54) is 0 Å². The number of aliphatic hydroxyl groups is 1. The third-order valence-corrected chi connectivity index (χ3v) is 1.38. The number of hydrogen-bond donors (Lipinski definition) is 2. The standard InChI is InChI=1S/C9H13N3O/c1-9(2,13)4-3-7-5-11-8(10)12-6-7/h3-6,13H,1-2H3,(H2,10,11,12)/b4-3+. The first-order valence-corrected chi connectivity index (χ1v) is 3.96. The maximum Gasteiger partial charge on any atom is 0.219 e. The lowest BCUT2D eigenvalue weighted by Gasteiger charge is -2.09. The first-order chi connectivity index (χ1) is 5.97. The van der Waals surface area contributed by atoms with Crippen LogP contribution in [0.2, 0.25) is 0 Å². The van der Waals surface area contributed by atoms with Gasteiger partial charge < -0.3 is 10.8 Å². The van der Waals surface area contributed by atoms with Crippen LogP contribution in [-0.2, 0) is 0 Å². The Morgan fingerprint density at radius 2 is 1.92 bits per heavy atom. The highest BCUT2D eigenvalue weighted by Gasteiger charge is 2.05. The SMILES string of the molecule is CC(C)(O)/C=C/c1cnc(N)nc1. The van der Waals surface area contributed by atoms with Crippen LogP contribution in [0, 0.1) is 0 Å². The summed E-state index contributed by atoms with van der Waals surface area (Å²) in [5, 5.41) is 9.38. The van der Waals surface area contributed by atoms with E-state index in [4.69, 9.17) is 5.73 Å². The van der Waals surface area contributed by atoms with Gasteiger partial charge in [-0.15, -0.1) is 0 Å². The lowest BCUT2D eigenvalue weighted by atomic mass is 10.1. The molecule has 0 atom stereocenters. The van der Waals surface area contributed by atoms with Gasteiger partial charge in [-0.1, -0.05) is 12.2 Å². The van der Waals surface area contributed by atoms with Gasteiger partial charge in [0.15, 0.2) is 0 Å². The highest BCUT2D eigenvalue weighted by atomic mass is 16.3. The summed E-state index contributed by atoms with van der Waals surface area (Å²) in [4.78, 5) is 7.63. The second kappa shape index (κ2) is 3.53. The molecule has 1 aromatic heterocycles. The fourth-order valence-electron chi connectivity index (χ4n) is 0.734. The van der Waals surface area contributed by atoms with Crippen LogP contribution in [0.5, 0.6) is 0 Å². The summed E-state index contributed by atoms with van der Waals surface area (Å²) in [5.74, 6) is 0.250. The third-order valence-electron chi connectivity index (χ3n) is 1.38. The minimum absolute atomic E-state index is 0.250. The molecule has 0 aromatic carbocycles. The first kappa shape index (κ1) is 9.67. The molecule has 0 aliphatic rings. The minimum Gasteiger partial charge on any atom is -0.386 e. The van der Waals surface area contributed by atoms with Crippen molar-refractivity contribution >= 4 is 12.0 Å². The number of nitrogen functional groups attached to an aromatic ring is 1. The number of aromatic nitrogens is 2. The molecular weight excluding hydrogens is 166 g/mol. The van der Waals surface area contributed by atoms with Gasteiger partial charge >= 0.3 is 0 Å². The maximum absolute atomic E-state index is 9.38. The van der Waals surface area contributed by atoms with Gasteiger partial charge in [0.05, 0.1) is 5.60 Å². The van der Waals surface area contributed by atoms with Gasteiger partial charge in [-0.25, -0.2) is 9.97 Å². The third kappa shape index (κ3) is 3.66. The van der Waals surface area contributed by atoms with Crippen molar-refractivity contribution in [1.82, 2.24) is 9.97 Å². The van der Waals surface area contributed by atoms with Crippen LogP contribution >= 0.6 is 0 Å². The van der Waals surface area contributed by atoms with E-state index in [9.17, 15) is 5.11 Å². The Hall–Kier alpha value is -1.42. The topological polar surface area (TPSA) is 72.0 Å². The molecule has 0 fully saturated rings. The molecule has 70 valence electrons. The lowest BCUT2D eigenvalue weighted by Crippen LogP contribution is -2.13. The number of nitrogens with two attached hydrogens (primary N) is 1. The van der Waals surface area contributed by atoms with E-state index >= 15 is 0 Å². The van der Waals surface area contributed by atoms with Gasteiger partial charge in [0.2, 0.25) is 5.95 Å². The number of nitrogens with zero attached hydrogens (tertiary/aromatic N) is 2. The van der Waals surface area contributed by atoms with Crippen LogP contribution in [-0.4, -0.2) is 20.7 Å². The van der Waals surface area contributed by atoms with Gasteiger partial charge in [-0.2, -0.15) is 0 Å². The Kier molecular flexibility index (Phi) is 2.63. The Labute approximate surface area is 77.1 Å². The van der Waals surface area contributed by atoms with E-state index in [0.717, 1.165) is 5.56 Å². The van der Waals surface area contributed by atoms with Gasteiger partial charge in [0.1, 0.15) is 0 Å². The molecule has 0 amide bonds. The second-order valence-electron chi connectivity index (χ2n) is 3.36. The van der Waals surface area contributed by atoms with Crippen LogP contribution in [0.3, 0.4) is 0 Å². The molecular formula is C9H13N3O. The molecule has 1 rings (SSSR count). The van der Waals surface area contributed by atoms with Gasteiger partial charge in [0, 0.05) is 18.0 Å². The molecule has 0 radical (unpaired) electrons. The molecule has 0 saturated heterocycles. The quantitative estimate of drug-likeness (QED) is 0.705. The average molecular weight is 179 g/mol. The molecule has 1 heterocycles. The second-order valence-corrected chi connectivity index (χ2v) is 3.36. The molecule has 0 aliphatic heterocycles. The lowest BCUT2D eigenvalue weighted by molar-refractivity contribution is 0.134. The average Bonchev–Trinajstić information content (AvgIpc) is 2.02. The fourth-order valence-corrected chi connectivity index (χ4v) is 0.734. The van der Waals surface area contributed by atoms with E-state index < -0.39 is 5.60 Å². The van der Waals surface area contributed by atoms with Crippen molar-refractivity contribution in [2.24, 2.45) is 0 Å². The van der Waals surface area contributed by atoms with Crippen molar-refractivity contribution in [3.63, 3.8) is 0 Å². The number of anilines is 1. The van der Waals surface area contributed by atoms with Crippen LogP contribution < -0.4 is 5.73 Å². The zero-order valence-electron chi connectivity index (χ0n) is 7.73. The molecule has 4 heteroatoms. The molecule has 0 bridgehead atoms. The predicted molar refractivity (Wildman–Crippen MR) is 51.8 cm³/mol. The smallest absolute Gasteiger partial charge is 0.219 e. The van der Waals surface area contributed by atoms with E-state index in [1.54, 1.807) is 38.4 Å². The molecule has 0 unspecified atom stereocenters. The highest BCUT2D eigenvalue weighted by molar-refractivity contribution is 5.48. The van der Waals surface area contributed by atoms with Crippen molar-refractivity contribution < 1.29 is 5.11 Å². The van der Waals surface area contributed by atoms with Crippen LogP contribution in [0.4, 0.5) is 5.95 Å². The van der Waals surface area contributed by atoms with Crippen molar-refractivity contribution in [3.05, 3.63) is 24.0 Å². The van der Waals surface area contributed by atoms with Crippen molar-refractivity contribution in [2.75, 3.05) is 5.73 Å². The predicted octanol–water partition coefficient (Wildman–Crippen LogP) is 0.843. The number of rotatable bonds is 2. The van der Waals surface area contributed by atoms with E-state index in [1.807, 2.05) is 0 Å². The number of hydrogen-bond acceptors (Lipinski definition) is 4. The Morgan fingerprint density at radius 1 is 1.38 bits per heavy atom. The summed E-state index contributed by atoms with van der Waals surface area (Å²) in [5.41, 5.74) is 5.31. The van der Waals surface area contributed by atoms with Crippen molar-refractivity contribution in [3.8, 4) is 0 Å². The Morgan fingerprint density at radius 3 is 2.38 bits per heavy atom. The first-order valence-electron chi connectivity index (χ1n) is 3.96. The van der Waals surface area contributed by atoms with E-state index in [2.05, 4.69) is 9.97 Å². The van der Waals surface area contributed by atoms with Crippen LogP contribution in [0.15, 0.2) is 18.5 Å². The maximum atomic E-state index is 9.38. The molecule has 0 aliphatic carbocycles. The Bertz CT molecular complexity index is 298. The normalized spacial score (nSPS) is 12.2. The summed E-state index contributed by atoms with van der Waals surface area (Å²) in [6.07, 6.45) is 6.62. The summed E-state index contributed by atoms with van der Waals surface area (Å²) >= 11 is 0. The Balaban J connectivity index is 2.75. The highest BCUT2D eigenvalue weighted by Crippen LogP contribution is 2.07. The molecule has 0 saturated carbocycles. The van der Waals surface area contributed by atoms with Gasteiger partial charge in [-0.05, 0) is 13.8 Å². The zero-order chi connectivity index (χ0) is 9.90. The molecule has 1 aromatic rings. The summed E-state index contributed by atoms with van der Waals surface area (Å²) in [6, 6.07) is 0. The monoisotopic (exact) mass is 179 g/mol. The summed E-state index contributed by atoms with van der Waals surface area (Å²) in [7, 11) is 0. The van der Waals surface area contributed by atoms with Crippen molar-refractivity contribution in [1.29, 1.82) is 0 Å². The largest absolute Gasteiger partial charge is 0.386 e. The van der Waals surface area contributed by atoms with Crippen LogP contribution in [0.1, 0.15) is 19.4 Å². The molecule has 13 heavy (non-hydrogen) atoms. The summed E-state index contributed by atoms with van der Waals surface area (Å²) < 4.78 is 0. The summed E-state index contributed by atoms with van der Waals surface area (Å²) in [6.45, 7) is 3.39. The zero-order valence-corrected chi connectivity index (χ0v) is 7.73. The molecule has 3 N–H and O–H groups in total. The molecule has 4 nitrogen and oxygen atoms in total. The van der Waals surface area contributed by atoms with Gasteiger partial charge in [-0.3, -0.25) is 0 Å². The van der Waals surface area contributed by atoms with E-state index in [-0.39, 0.29) is 5.95 Å². The fraction of sp³-hybridized carbons (Fsp3) is 0.333. The van der Waals surface area contributed by atoms with Crippen molar-refractivity contribution in [2.45, 2.75) is 19.4 Å². The molecule has 0 spiro atoms. The van der Waals surface area contributed by atoms with E-state index in [0.29, 0.717) is 0 Å². The van der Waals surface area contributed by atoms with Gasteiger partial charge in [0.25, 0.3) is 0 Å².